The molecule has 3 rings (SSSR count). The lowest BCUT2D eigenvalue weighted by Crippen LogP contribution is -2.43. The van der Waals surface area contributed by atoms with Gasteiger partial charge >= 0.3 is 0 Å². The Bertz CT molecular complexity index is 627. The fourth-order valence-electron chi connectivity index (χ4n) is 3.43. The second-order valence-electron chi connectivity index (χ2n) is 6.27. The van der Waals surface area contributed by atoms with Crippen molar-refractivity contribution in [2.75, 3.05) is 31.6 Å². The van der Waals surface area contributed by atoms with E-state index in [-0.39, 0.29) is 29.5 Å². The molecule has 1 aromatic heterocycles. The van der Waals surface area contributed by atoms with Gasteiger partial charge in [-0.1, -0.05) is 0 Å². The molecule has 2 saturated heterocycles. The van der Waals surface area contributed by atoms with Gasteiger partial charge < -0.3 is 4.90 Å². The maximum Gasteiger partial charge on any atom is 0.237 e. The number of carbonyl (C=O) groups is 1. The molecule has 1 amide bonds. The predicted molar refractivity (Wildman–Crippen MR) is 87.7 cm³/mol. The zero-order chi connectivity index (χ0) is 15.7. The minimum atomic E-state index is -2.91. The van der Waals surface area contributed by atoms with Gasteiger partial charge in [0, 0.05) is 12.6 Å². The van der Waals surface area contributed by atoms with E-state index in [1.54, 1.807) is 11.3 Å². The van der Waals surface area contributed by atoms with Crippen LogP contribution in [0.2, 0.25) is 0 Å². The molecule has 122 valence electrons. The van der Waals surface area contributed by atoms with Crippen molar-refractivity contribution in [3.8, 4) is 0 Å². The molecule has 1 aromatic rings. The van der Waals surface area contributed by atoms with Gasteiger partial charge in [-0.3, -0.25) is 9.69 Å². The number of hydrogen-bond donors (Lipinski definition) is 0. The Morgan fingerprint density at radius 1 is 1.45 bits per heavy atom. The highest BCUT2D eigenvalue weighted by Gasteiger charge is 2.34. The molecular weight excluding hydrogens is 320 g/mol. The van der Waals surface area contributed by atoms with E-state index < -0.39 is 9.84 Å². The van der Waals surface area contributed by atoms with Crippen LogP contribution in [0, 0.1) is 0 Å². The van der Waals surface area contributed by atoms with E-state index in [2.05, 4.69) is 11.4 Å². The average molecular weight is 342 g/mol. The molecule has 0 bridgehead atoms. The molecule has 2 aliphatic heterocycles. The Kier molecular flexibility index (Phi) is 4.56. The van der Waals surface area contributed by atoms with Crippen LogP contribution in [0.25, 0.3) is 0 Å². The maximum atomic E-state index is 12.6. The normalized spacial score (nSPS) is 27.6. The minimum absolute atomic E-state index is 0.0175. The monoisotopic (exact) mass is 342 g/mol. The lowest BCUT2D eigenvalue weighted by Gasteiger charge is -2.29. The molecule has 0 aliphatic carbocycles. The first-order valence-corrected chi connectivity index (χ1v) is 10.4. The summed E-state index contributed by atoms with van der Waals surface area (Å²) >= 11 is 1.66. The molecule has 0 radical (unpaired) electrons. The van der Waals surface area contributed by atoms with Crippen molar-refractivity contribution in [1.29, 1.82) is 0 Å². The lowest BCUT2D eigenvalue weighted by atomic mass is 10.1. The number of likely N-dealkylation sites (tertiary alicyclic amines) is 1. The van der Waals surface area contributed by atoms with Crippen LogP contribution in [0.15, 0.2) is 16.8 Å². The first-order valence-electron chi connectivity index (χ1n) is 7.68. The first-order chi connectivity index (χ1) is 10.5. The minimum Gasteiger partial charge on any atom is -0.335 e. The Morgan fingerprint density at radius 3 is 2.91 bits per heavy atom. The molecule has 2 aliphatic rings. The van der Waals surface area contributed by atoms with Gasteiger partial charge in [0.2, 0.25) is 5.91 Å². The summed E-state index contributed by atoms with van der Waals surface area (Å²) in [6, 6.07) is 2.27. The standard InChI is InChI=1S/C15H22N2O3S2/c1-16(13-5-8-22(19,20)11-13)9-15(18)17-6-2-3-14(17)12-4-7-21-10-12/h4,7,10,13-14H,2-3,5-6,8-9,11H2,1H3/t13-,14+/m0/s1. The zero-order valence-electron chi connectivity index (χ0n) is 12.8. The largest absolute Gasteiger partial charge is 0.335 e. The lowest BCUT2D eigenvalue weighted by molar-refractivity contribution is -0.133. The Morgan fingerprint density at radius 2 is 2.27 bits per heavy atom. The number of rotatable bonds is 4. The summed E-state index contributed by atoms with van der Waals surface area (Å²) in [5.41, 5.74) is 1.22. The van der Waals surface area contributed by atoms with Gasteiger partial charge in [0.05, 0.1) is 24.1 Å². The molecule has 5 nitrogen and oxygen atoms in total. The van der Waals surface area contributed by atoms with Crippen molar-refractivity contribution < 1.29 is 13.2 Å². The highest BCUT2D eigenvalue weighted by Crippen LogP contribution is 2.33. The van der Waals surface area contributed by atoms with Crippen LogP contribution in [0.3, 0.4) is 0 Å². The van der Waals surface area contributed by atoms with Crippen LogP contribution >= 0.6 is 11.3 Å². The zero-order valence-corrected chi connectivity index (χ0v) is 14.4. The Labute approximate surface area is 135 Å². The molecule has 2 atom stereocenters. The quantitative estimate of drug-likeness (QED) is 0.833. The highest BCUT2D eigenvalue weighted by molar-refractivity contribution is 7.91. The molecule has 0 unspecified atom stereocenters. The van der Waals surface area contributed by atoms with Gasteiger partial charge in [0.1, 0.15) is 0 Å². The van der Waals surface area contributed by atoms with Gasteiger partial charge in [-0.15, -0.1) is 0 Å². The van der Waals surface area contributed by atoms with Crippen molar-refractivity contribution in [3.63, 3.8) is 0 Å². The van der Waals surface area contributed by atoms with Crippen molar-refractivity contribution in [1.82, 2.24) is 9.80 Å². The second-order valence-corrected chi connectivity index (χ2v) is 9.28. The van der Waals surface area contributed by atoms with Crippen molar-refractivity contribution >= 4 is 27.1 Å². The van der Waals surface area contributed by atoms with Gasteiger partial charge in [-0.25, -0.2) is 8.42 Å². The van der Waals surface area contributed by atoms with Crippen LogP contribution in [0.5, 0.6) is 0 Å². The van der Waals surface area contributed by atoms with Gasteiger partial charge in [-0.05, 0) is 48.7 Å². The molecule has 0 N–H and O–H groups in total. The van der Waals surface area contributed by atoms with E-state index in [0.717, 1.165) is 19.4 Å². The number of amides is 1. The van der Waals surface area contributed by atoms with E-state index in [1.807, 2.05) is 22.2 Å². The molecule has 0 saturated carbocycles. The molecule has 2 fully saturated rings. The summed E-state index contributed by atoms with van der Waals surface area (Å²) in [4.78, 5) is 16.5. The molecular formula is C15H22N2O3S2. The summed E-state index contributed by atoms with van der Waals surface area (Å²) in [5, 5.41) is 4.16. The third-order valence-corrected chi connectivity index (χ3v) is 7.17. The highest BCUT2D eigenvalue weighted by atomic mass is 32.2. The first kappa shape index (κ1) is 16.0. The predicted octanol–water partition coefficient (Wildman–Crippen LogP) is 1.53. The molecule has 0 aromatic carbocycles. The molecule has 0 spiro atoms. The summed E-state index contributed by atoms with van der Waals surface area (Å²) in [7, 11) is -1.05. The summed E-state index contributed by atoms with van der Waals surface area (Å²) < 4.78 is 23.1. The Balaban J connectivity index is 1.62. The molecule has 3 heterocycles. The van der Waals surface area contributed by atoms with E-state index in [1.165, 1.54) is 5.56 Å². The van der Waals surface area contributed by atoms with Crippen LogP contribution in [0.4, 0.5) is 0 Å². The number of likely N-dealkylation sites (N-methyl/N-ethyl adjacent to an activating group) is 1. The maximum absolute atomic E-state index is 12.6. The van der Waals surface area contributed by atoms with Crippen molar-refractivity contribution in [3.05, 3.63) is 22.4 Å². The third-order valence-electron chi connectivity index (χ3n) is 4.72. The van der Waals surface area contributed by atoms with E-state index >= 15 is 0 Å². The van der Waals surface area contributed by atoms with Crippen molar-refractivity contribution in [2.24, 2.45) is 0 Å². The number of thiophene rings is 1. The van der Waals surface area contributed by atoms with Crippen LogP contribution in [-0.2, 0) is 14.6 Å². The van der Waals surface area contributed by atoms with E-state index in [4.69, 9.17) is 0 Å². The Hall–Kier alpha value is -0.920. The smallest absolute Gasteiger partial charge is 0.237 e. The van der Waals surface area contributed by atoms with Crippen molar-refractivity contribution in [2.45, 2.75) is 31.3 Å². The molecule has 22 heavy (non-hydrogen) atoms. The van der Waals surface area contributed by atoms with E-state index in [0.29, 0.717) is 13.0 Å². The van der Waals surface area contributed by atoms with Gasteiger partial charge in [0.25, 0.3) is 0 Å². The second kappa shape index (κ2) is 6.29. The average Bonchev–Trinajstić information content (AvgIpc) is 3.17. The van der Waals surface area contributed by atoms with Crippen LogP contribution in [0.1, 0.15) is 30.9 Å². The number of nitrogens with zero attached hydrogens (tertiary/aromatic N) is 2. The van der Waals surface area contributed by atoms with Crippen LogP contribution < -0.4 is 0 Å². The number of hydrogen-bond acceptors (Lipinski definition) is 5. The van der Waals surface area contributed by atoms with E-state index in [9.17, 15) is 13.2 Å². The van der Waals surface area contributed by atoms with Crippen LogP contribution in [-0.4, -0.2) is 61.8 Å². The fraction of sp³-hybridized carbons (Fsp3) is 0.667. The summed E-state index contributed by atoms with van der Waals surface area (Å²) in [5.74, 6) is 0.544. The number of sulfone groups is 1. The SMILES string of the molecule is CN(CC(=O)N1CCC[C@@H]1c1ccsc1)[C@H]1CCS(=O)(=O)C1. The summed E-state index contributed by atoms with van der Waals surface area (Å²) in [6.07, 6.45) is 2.69. The third kappa shape index (κ3) is 3.36. The molecule has 7 heteroatoms. The van der Waals surface area contributed by atoms with Gasteiger partial charge in [-0.2, -0.15) is 11.3 Å². The topological polar surface area (TPSA) is 57.7 Å². The number of carbonyl (C=O) groups excluding carboxylic acids is 1. The fourth-order valence-corrected chi connectivity index (χ4v) is 5.94. The van der Waals surface area contributed by atoms with Gasteiger partial charge in [0.15, 0.2) is 9.84 Å². The summed E-state index contributed by atoms with van der Waals surface area (Å²) in [6.45, 7) is 1.11.